The number of nitrogens with zero attached hydrogens (tertiary/aromatic N) is 2. The van der Waals surface area contributed by atoms with Gasteiger partial charge >= 0.3 is 0 Å². The van der Waals surface area contributed by atoms with E-state index in [1.165, 1.54) is 22.7 Å². The Morgan fingerprint density at radius 1 is 1.15 bits per heavy atom. The Kier molecular flexibility index (Phi) is 6.17. The zero-order chi connectivity index (χ0) is 15.2. The molecule has 20 heavy (non-hydrogen) atoms. The second kappa shape index (κ2) is 7.41. The van der Waals surface area contributed by atoms with Crippen molar-refractivity contribution in [3.8, 4) is 11.8 Å². The second-order valence-corrected chi connectivity index (χ2v) is 6.77. The molecule has 0 spiro atoms. The van der Waals surface area contributed by atoms with Gasteiger partial charge in [0.25, 0.3) is 10.2 Å². The highest BCUT2D eigenvalue weighted by atomic mass is 32.2. The molecule has 0 aliphatic heterocycles. The molecule has 0 atom stereocenters. The van der Waals surface area contributed by atoms with Crippen molar-refractivity contribution in [3.63, 3.8) is 0 Å². The molecule has 0 unspecified atom stereocenters. The molecule has 0 amide bonds. The van der Waals surface area contributed by atoms with E-state index in [4.69, 9.17) is 5.11 Å². The highest BCUT2D eigenvalue weighted by Gasteiger charge is 2.20. The Hall–Kier alpha value is -1.39. The molecule has 1 rings (SSSR count). The first kappa shape index (κ1) is 16.7. The smallest absolute Gasteiger partial charge is 0.281 e. The summed E-state index contributed by atoms with van der Waals surface area (Å²) in [5, 5.41) is 8.64. The van der Waals surface area contributed by atoms with Gasteiger partial charge in [-0.05, 0) is 17.7 Å². The third-order valence-electron chi connectivity index (χ3n) is 2.68. The Morgan fingerprint density at radius 3 is 2.25 bits per heavy atom. The number of benzene rings is 1. The Balaban J connectivity index is 2.74. The largest absolute Gasteiger partial charge is 0.395 e. The molecule has 0 radical (unpaired) electrons. The average Bonchev–Trinajstić information content (AvgIpc) is 2.40. The first-order chi connectivity index (χ1) is 9.37. The van der Waals surface area contributed by atoms with E-state index in [0.717, 1.165) is 11.1 Å². The van der Waals surface area contributed by atoms with E-state index in [1.807, 2.05) is 24.3 Å². The predicted octanol–water partition coefficient (Wildman–Crippen LogP) is 0.659. The lowest BCUT2D eigenvalue weighted by Crippen LogP contribution is -2.36. The summed E-state index contributed by atoms with van der Waals surface area (Å²) in [6.07, 6.45) is 0.450. The fourth-order valence-electron chi connectivity index (χ4n) is 1.53. The number of aliphatic hydroxyl groups is 1. The van der Waals surface area contributed by atoms with Crippen LogP contribution in [0.3, 0.4) is 0 Å². The van der Waals surface area contributed by atoms with Crippen molar-refractivity contribution in [1.29, 1.82) is 0 Å². The molecule has 0 fully saturated rings. The lowest BCUT2D eigenvalue weighted by Gasteiger charge is -2.21. The summed E-state index contributed by atoms with van der Waals surface area (Å²) >= 11 is 0. The summed E-state index contributed by atoms with van der Waals surface area (Å²) in [5.41, 5.74) is 1.74. The van der Waals surface area contributed by atoms with Gasteiger partial charge < -0.3 is 5.11 Å². The summed E-state index contributed by atoms with van der Waals surface area (Å²) in [5.74, 6) is 5.76. The molecule has 5 nitrogen and oxygen atoms in total. The van der Waals surface area contributed by atoms with Crippen molar-refractivity contribution in [2.24, 2.45) is 0 Å². The van der Waals surface area contributed by atoms with Crippen LogP contribution >= 0.6 is 0 Å². The number of rotatable bonds is 5. The van der Waals surface area contributed by atoms with Crippen LogP contribution in [0.1, 0.15) is 17.5 Å². The van der Waals surface area contributed by atoms with Crippen molar-refractivity contribution in [2.75, 3.05) is 27.7 Å². The maximum Gasteiger partial charge on any atom is 0.281 e. The van der Waals surface area contributed by atoms with Crippen LogP contribution in [0.15, 0.2) is 24.3 Å². The van der Waals surface area contributed by atoms with Crippen LogP contribution in [0.4, 0.5) is 0 Å². The summed E-state index contributed by atoms with van der Waals surface area (Å²) in [6.45, 7) is 0.364. The van der Waals surface area contributed by atoms with Crippen LogP contribution in [-0.2, 0) is 16.8 Å². The summed E-state index contributed by atoms with van der Waals surface area (Å²) in [6, 6.07) is 7.39. The van der Waals surface area contributed by atoms with Crippen LogP contribution in [0.2, 0.25) is 0 Å². The maximum absolute atomic E-state index is 11.9. The molecule has 0 saturated carbocycles. The van der Waals surface area contributed by atoms with Crippen molar-refractivity contribution in [2.45, 2.75) is 13.0 Å². The SMILES string of the molecule is CN(C)S(=O)(=O)N(C)Cc1ccc(C#CCCO)cc1. The standard InChI is InChI=1S/C14H20N2O3S/c1-15(2)20(18,19)16(3)12-14-9-7-13(8-10-14)6-4-5-11-17/h7-10,17H,5,11-12H2,1-3H3. The molecule has 1 N–H and O–H groups in total. The molecule has 1 aromatic rings. The third-order valence-corrected chi connectivity index (χ3v) is 4.52. The van der Waals surface area contributed by atoms with E-state index in [0.29, 0.717) is 13.0 Å². The highest BCUT2D eigenvalue weighted by molar-refractivity contribution is 7.86. The van der Waals surface area contributed by atoms with Gasteiger partial charge in [-0.15, -0.1) is 0 Å². The minimum Gasteiger partial charge on any atom is -0.395 e. The molecule has 0 saturated heterocycles. The van der Waals surface area contributed by atoms with Gasteiger partial charge in [-0.2, -0.15) is 17.0 Å². The monoisotopic (exact) mass is 296 g/mol. The van der Waals surface area contributed by atoms with Crippen molar-refractivity contribution >= 4 is 10.2 Å². The van der Waals surface area contributed by atoms with Crippen LogP contribution < -0.4 is 0 Å². The Morgan fingerprint density at radius 2 is 1.75 bits per heavy atom. The molecule has 0 aliphatic rings. The van der Waals surface area contributed by atoms with Crippen LogP contribution in [0.5, 0.6) is 0 Å². The first-order valence-corrected chi connectivity index (χ1v) is 7.60. The van der Waals surface area contributed by atoms with Gasteiger partial charge in [-0.25, -0.2) is 0 Å². The molecule has 110 valence electrons. The van der Waals surface area contributed by atoms with Crippen molar-refractivity contribution in [1.82, 2.24) is 8.61 Å². The fraction of sp³-hybridized carbons (Fsp3) is 0.429. The van der Waals surface area contributed by atoms with E-state index < -0.39 is 10.2 Å². The minimum absolute atomic E-state index is 0.0538. The second-order valence-electron chi connectivity index (χ2n) is 4.52. The first-order valence-electron chi connectivity index (χ1n) is 6.20. The Bertz CT molecular complexity index is 583. The van der Waals surface area contributed by atoms with E-state index in [2.05, 4.69) is 11.8 Å². The summed E-state index contributed by atoms with van der Waals surface area (Å²) in [7, 11) is 1.17. The Labute approximate surface area is 121 Å². The third kappa shape index (κ3) is 4.62. The van der Waals surface area contributed by atoms with Crippen LogP contribution in [-0.4, -0.2) is 49.9 Å². The topological polar surface area (TPSA) is 60.9 Å². The molecular weight excluding hydrogens is 276 g/mol. The van der Waals surface area contributed by atoms with Crippen LogP contribution in [0, 0.1) is 11.8 Å². The van der Waals surface area contributed by atoms with E-state index in [9.17, 15) is 8.42 Å². The normalized spacial score (nSPS) is 11.5. The van der Waals surface area contributed by atoms with E-state index in [1.54, 1.807) is 7.05 Å². The summed E-state index contributed by atoms with van der Waals surface area (Å²) in [4.78, 5) is 0. The highest BCUT2D eigenvalue weighted by Crippen LogP contribution is 2.10. The fourth-order valence-corrected chi connectivity index (χ4v) is 2.40. The van der Waals surface area contributed by atoms with Gasteiger partial charge in [0.15, 0.2) is 0 Å². The van der Waals surface area contributed by atoms with Gasteiger partial charge in [0, 0.05) is 39.7 Å². The van der Waals surface area contributed by atoms with Gasteiger partial charge in [-0.3, -0.25) is 0 Å². The minimum atomic E-state index is -3.39. The zero-order valence-corrected chi connectivity index (χ0v) is 12.8. The van der Waals surface area contributed by atoms with Gasteiger partial charge in [0.05, 0.1) is 6.61 Å². The lowest BCUT2D eigenvalue weighted by molar-refractivity contribution is 0.305. The molecule has 6 heteroatoms. The van der Waals surface area contributed by atoms with E-state index in [-0.39, 0.29) is 6.61 Å². The molecule has 0 bridgehead atoms. The molecule has 0 aliphatic carbocycles. The predicted molar refractivity (Wildman–Crippen MR) is 79.1 cm³/mol. The quantitative estimate of drug-likeness (QED) is 0.812. The number of hydrogen-bond acceptors (Lipinski definition) is 3. The molecular formula is C14H20N2O3S. The molecule has 0 heterocycles. The molecule has 1 aromatic carbocycles. The number of aliphatic hydroxyl groups excluding tert-OH is 1. The van der Waals surface area contributed by atoms with Crippen molar-refractivity contribution < 1.29 is 13.5 Å². The van der Waals surface area contributed by atoms with Gasteiger partial charge in [0.1, 0.15) is 0 Å². The average molecular weight is 296 g/mol. The maximum atomic E-state index is 11.9. The molecule has 0 aromatic heterocycles. The zero-order valence-electron chi connectivity index (χ0n) is 12.0. The van der Waals surface area contributed by atoms with Crippen molar-refractivity contribution in [3.05, 3.63) is 35.4 Å². The lowest BCUT2D eigenvalue weighted by atomic mass is 10.1. The van der Waals surface area contributed by atoms with Crippen LogP contribution in [0.25, 0.3) is 0 Å². The van der Waals surface area contributed by atoms with Gasteiger partial charge in [0.2, 0.25) is 0 Å². The number of hydrogen-bond donors (Lipinski definition) is 1. The summed E-state index contributed by atoms with van der Waals surface area (Å²) < 4.78 is 26.2. The van der Waals surface area contributed by atoms with E-state index >= 15 is 0 Å². The van der Waals surface area contributed by atoms with Gasteiger partial charge in [-0.1, -0.05) is 24.0 Å².